The molecule has 1 fully saturated rings. The lowest BCUT2D eigenvalue weighted by molar-refractivity contribution is -0.124. The highest BCUT2D eigenvalue weighted by molar-refractivity contribution is 6.37. The maximum Gasteiger partial charge on any atom is 0.349 e. The van der Waals surface area contributed by atoms with Crippen LogP contribution in [0.2, 0.25) is 10.0 Å². The highest BCUT2D eigenvalue weighted by Crippen LogP contribution is 2.46. The highest BCUT2D eigenvalue weighted by atomic mass is 35.5. The van der Waals surface area contributed by atoms with Crippen molar-refractivity contribution in [2.45, 2.75) is 57.8 Å². The Morgan fingerprint density at radius 2 is 1.83 bits per heavy atom. The molecule has 2 aromatic carbocycles. The fraction of sp³-hybridized carbons (Fsp3) is 0.360. The Labute approximate surface area is 212 Å². The van der Waals surface area contributed by atoms with E-state index in [1.54, 1.807) is 6.07 Å². The summed E-state index contributed by atoms with van der Waals surface area (Å²) < 4.78 is 6.97. The Morgan fingerprint density at radius 3 is 2.46 bits per heavy atom. The predicted molar refractivity (Wildman–Crippen MR) is 136 cm³/mol. The molecule has 3 N–H and O–H groups in total. The molecule has 1 aromatic heterocycles. The van der Waals surface area contributed by atoms with Gasteiger partial charge in [0, 0.05) is 6.42 Å². The van der Waals surface area contributed by atoms with Crippen molar-refractivity contribution in [3.63, 3.8) is 0 Å². The van der Waals surface area contributed by atoms with Crippen LogP contribution in [-0.4, -0.2) is 20.5 Å². The van der Waals surface area contributed by atoms with Crippen molar-refractivity contribution in [2.75, 3.05) is 5.73 Å². The summed E-state index contributed by atoms with van der Waals surface area (Å²) in [5.74, 6) is 0.595. The van der Waals surface area contributed by atoms with E-state index in [1.165, 1.54) is 12.1 Å². The number of aromatic nitrogens is 3. The number of aromatic amines is 1. The Bertz CT molecular complexity index is 1380. The van der Waals surface area contributed by atoms with E-state index in [0.29, 0.717) is 12.2 Å². The molecule has 8 nitrogen and oxygen atoms in total. The molecular weight excluding hydrogens is 491 g/mol. The number of anilines is 1. The topological polar surface area (TPSA) is 120 Å². The molecule has 0 atom stereocenters. The first-order valence-corrected chi connectivity index (χ1v) is 12.2. The van der Waals surface area contributed by atoms with Crippen LogP contribution in [-0.2, 0) is 10.2 Å². The average molecular weight is 517 g/mol. The molecule has 4 rings (SSSR count). The lowest BCUT2D eigenvalue weighted by Gasteiger charge is -2.30. The van der Waals surface area contributed by atoms with Crippen LogP contribution in [0.3, 0.4) is 0 Å². The lowest BCUT2D eigenvalue weighted by atomic mass is 9.72. The summed E-state index contributed by atoms with van der Waals surface area (Å²) in [6, 6.07) is 8.53. The van der Waals surface area contributed by atoms with Crippen LogP contribution in [0.5, 0.6) is 11.5 Å². The maximum atomic E-state index is 13.2. The second kappa shape index (κ2) is 9.87. The molecule has 0 bridgehead atoms. The molecule has 0 saturated heterocycles. The van der Waals surface area contributed by atoms with Gasteiger partial charge in [0.2, 0.25) is 5.82 Å². The number of ketones is 1. The molecule has 10 heteroatoms. The van der Waals surface area contributed by atoms with Gasteiger partial charge in [-0.25, -0.2) is 4.79 Å². The fourth-order valence-corrected chi connectivity index (χ4v) is 5.35. The summed E-state index contributed by atoms with van der Waals surface area (Å²) in [4.78, 5) is 38.9. The smallest absolute Gasteiger partial charge is 0.349 e. The summed E-state index contributed by atoms with van der Waals surface area (Å²) in [7, 11) is 0. The zero-order valence-electron chi connectivity index (χ0n) is 19.5. The van der Waals surface area contributed by atoms with Crippen LogP contribution in [0.15, 0.2) is 39.9 Å². The number of nitrogens with zero attached hydrogens (tertiary/aromatic N) is 2. The van der Waals surface area contributed by atoms with Crippen molar-refractivity contribution in [1.82, 2.24) is 14.8 Å². The number of hydrogen-bond acceptors (Lipinski definition) is 6. The number of ether oxygens (including phenoxy) is 1. The van der Waals surface area contributed by atoms with Crippen LogP contribution in [0.25, 0.3) is 5.69 Å². The number of carbonyl (C=O) groups excluding carboxylic acids is 1. The van der Waals surface area contributed by atoms with Crippen molar-refractivity contribution in [2.24, 2.45) is 0 Å². The van der Waals surface area contributed by atoms with Gasteiger partial charge in [-0.3, -0.25) is 14.6 Å². The molecule has 35 heavy (non-hydrogen) atoms. The first-order chi connectivity index (χ1) is 16.7. The average Bonchev–Trinajstić information content (AvgIpc) is 3.31. The number of Topliss-reactive ketones (excluding diaryl/α,β-unsaturated/α-hetero) is 1. The minimum atomic E-state index is -0.785. The molecule has 1 aliphatic rings. The molecule has 0 amide bonds. The van der Waals surface area contributed by atoms with Crippen LogP contribution in [0.1, 0.15) is 56.6 Å². The molecule has 0 aliphatic heterocycles. The van der Waals surface area contributed by atoms with Crippen molar-refractivity contribution in [3.8, 4) is 17.2 Å². The molecule has 0 radical (unpaired) electrons. The zero-order chi connectivity index (χ0) is 25.3. The number of aryl methyl sites for hydroxylation is 1. The van der Waals surface area contributed by atoms with Gasteiger partial charge >= 0.3 is 5.69 Å². The summed E-state index contributed by atoms with van der Waals surface area (Å²) in [6.07, 6.45) is 5.05. The molecule has 1 saturated carbocycles. The maximum absolute atomic E-state index is 13.2. The first-order valence-electron chi connectivity index (χ1n) is 11.5. The number of nitrogens with two attached hydrogens (primary N) is 1. The number of H-pyrrole nitrogens is 1. The molecule has 1 aliphatic carbocycles. The van der Waals surface area contributed by atoms with E-state index in [9.17, 15) is 14.4 Å². The van der Waals surface area contributed by atoms with Crippen LogP contribution >= 0.6 is 23.2 Å². The zero-order valence-corrected chi connectivity index (χ0v) is 21.0. The Balaban J connectivity index is 1.71. The van der Waals surface area contributed by atoms with Gasteiger partial charge in [-0.15, -0.1) is 5.10 Å². The van der Waals surface area contributed by atoms with E-state index in [4.69, 9.17) is 33.7 Å². The summed E-state index contributed by atoms with van der Waals surface area (Å²) in [5.41, 5.74) is 5.70. The van der Waals surface area contributed by atoms with E-state index >= 15 is 0 Å². The van der Waals surface area contributed by atoms with Crippen molar-refractivity contribution < 1.29 is 9.53 Å². The van der Waals surface area contributed by atoms with E-state index < -0.39 is 16.7 Å². The number of halogens is 2. The van der Waals surface area contributed by atoms with Gasteiger partial charge in [0.05, 0.1) is 21.1 Å². The number of benzene rings is 2. The predicted octanol–water partition coefficient (Wildman–Crippen LogP) is 5.09. The highest BCUT2D eigenvalue weighted by Gasteiger charge is 2.42. The van der Waals surface area contributed by atoms with Crippen LogP contribution in [0.4, 0.5) is 5.82 Å². The molecular formula is C25H26Cl2N4O4. The third-order valence-corrected chi connectivity index (χ3v) is 7.05. The van der Waals surface area contributed by atoms with Gasteiger partial charge in [-0.1, -0.05) is 49.0 Å². The van der Waals surface area contributed by atoms with E-state index in [0.717, 1.165) is 47.9 Å². The number of nitrogen functional groups attached to an aromatic ring is 1. The SMILES string of the molecule is CCCC(=O)C1(c2cc(Oc3c(Cl)cc(-n4nc(N)c(=O)[nH]c4=O)cc3Cl)ccc2C)CCCC1. The quantitative estimate of drug-likeness (QED) is 0.451. The lowest BCUT2D eigenvalue weighted by Crippen LogP contribution is -2.33. The van der Waals surface area contributed by atoms with Crippen LogP contribution in [0, 0.1) is 6.92 Å². The second-order valence-corrected chi connectivity index (χ2v) is 9.65. The third-order valence-electron chi connectivity index (χ3n) is 6.49. The van der Waals surface area contributed by atoms with Crippen molar-refractivity contribution in [1.29, 1.82) is 0 Å². The normalized spacial score (nSPS) is 14.7. The molecule has 184 valence electrons. The monoisotopic (exact) mass is 516 g/mol. The minimum Gasteiger partial charge on any atom is -0.454 e. The largest absolute Gasteiger partial charge is 0.454 e. The van der Waals surface area contributed by atoms with E-state index in [-0.39, 0.29) is 33.1 Å². The van der Waals surface area contributed by atoms with E-state index in [1.807, 2.05) is 26.0 Å². The molecule has 3 aromatic rings. The number of hydrogen-bond donors (Lipinski definition) is 2. The van der Waals surface area contributed by atoms with Crippen LogP contribution < -0.4 is 21.7 Å². The van der Waals surface area contributed by atoms with Gasteiger partial charge in [0.25, 0.3) is 5.56 Å². The van der Waals surface area contributed by atoms with Gasteiger partial charge in [0.1, 0.15) is 11.5 Å². The van der Waals surface area contributed by atoms with E-state index in [2.05, 4.69) is 10.1 Å². The molecule has 1 heterocycles. The number of carbonyl (C=O) groups is 1. The minimum absolute atomic E-state index is 0.130. The number of rotatable bonds is 7. The number of nitrogens with one attached hydrogen (secondary N) is 1. The Morgan fingerprint density at radius 1 is 1.17 bits per heavy atom. The third kappa shape index (κ3) is 4.73. The van der Waals surface area contributed by atoms with Gasteiger partial charge in [-0.2, -0.15) is 4.68 Å². The Hall–Kier alpha value is -3.10. The first kappa shape index (κ1) is 25.0. The molecule has 0 spiro atoms. The second-order valence-electron chi connectivity index (χ2n) is 8.84. The fourth-order valence-electron chi connectivity index (χ4n) is 4.80. The van der Waals surface area contributed by atoms with Gasteiger partial charge in [0.15, 0.2) is 5.75 Å². The van der Waals surface area contributed by atoms with Gasteiger partial charge in [-0.05, 0) is 61.6 Å². The molecule has 0 unspecified atom stereocenters. The summed E-state index contributed by atoms with van der Waals surface area (Å²) in [6.45, 7) is 4.03. The summed E-state index contributed by atoms with van der Waals surface area (Å²) >= 11 is 12.9. The summed E-state index contributed by atoms with van der Waals surface area (Å²) in [5, 5.41) is 4.05. The van der Waals surface area contributed by atoms with Crippen molar-refractivity contribution >= 4 is 34.8 Å². The standard InChI is InChI=1S/C25H26Cl2N4O4/c1-3-6-20(32)25(9-4-5-10-25)17-13-16(8-7-14(17)2)35-21-18(26)11-15(12-19(21)27)31-24(34)29-23(33)22(28)30-31/h7-8,11-13H,3-6,9-10H2,1-2H3,(H2,28,30)(H,29,33,34). The Kier molecular flexibility index (Phi) is 7.05. The van der Waals surface area contributed by atoms with Crippen molar-refractivity contribution in [3.05, 3.63) is 72.3 Å². The van der Waals surface area contributed by atoms with Gasteiger partial charge < -0.3 is 10.5 Å².